The van der Waals surface area contributed by atoms with Crippen molar-refractivity contribution in [3.05, 3.63) is 71.0 Å². The van der Waals surface area contributed by atoms with Crippen molar-refractivity contribution in [3.63, 3.8) is 0 Å². The highest BCUT2D eigenvalue weighted by molar-refractivity contribution is 5.89. The topological polar surface area (TPSA) is 58.6 Å². The average molecular weight is 398 g/mol. The standard InChI is InChI=1S/C23H27FN2O3/c1-29-23(28)19-7-5-18(6-8-19)16-25-13-11-21-9-10-22(27)26(21)14-12-17-3-2-4-20(24)15-17/h2-8,15,21,25H,9-14,16H2,1H3/t21-/m0/s1. The van der Waals surface area contributed by atoms with Gasteiger partial charge in [0.25, 0.3) is 0 Å². The number of amides is 1. The number of nitrogens with zero attached hydrogens (tertiary/aromatic N) is 1. The molecule has 3 rings (SSSR count). The summed E-state index contributed by atoms with van der Waals surface area (Å²) in [5, 5.41) is 3.40. The number of carbonyl (C=O) groups excluding carboxylic acids is 2. The highest BCUT2D eigenvalue weighted by Crippen LogP contribution is 2.22. The van der Waals surface area contributed by atoms with E-state index < -0.39 is 0 Å². The summed E-state index contributed by atoms with van der Waals surface area (Å²) in [5.74, 6) is -0.394. The van der Waals surface area contributed by atoms with Gasteiger partial charge in [0.2, 0.25) is 5.91 Å². The Labute approximate surface area is 170 Å². The molecule has 0 radical (unpaired) electrons. The van der Waals surface area contributed by atoms with E-state index in [1.54, 1.807) is 18.2 Å². The molecule has 0 spiro atoms. The monoisotopic (exact) mass is 398 g/mol. The van der Waals surface area contributed by atoms with E-state index in [1.807, 2.05) is 23.1 Å². The van der Waals surface area contributed by atoms with Crippen LogP contribution in [0.1, 0.15) is 40.7 Å². The van der Waals surface area contributed by atoms with Gasteiger partial charge in [-0.3, -0.25) is 4.79 Å². The lowest BCUT2D eigenvalue weighted by atomic mass is 10.1. The Bertz CT molecular complexity index is 838. The van der Waals surface area contributed by atoms with Crippen LogP contribution in [0.25, 0.3) is 0 Å². The molecule has 1 aliphatic heterocycles. The second-order valence-corrected chi connectivity index (χ2v) is 7.31. The molecule has 1 heterocycles. The zero-order chi connectivity index (χ0) is 20.6. The first-order valence-electron chi connectivity index (χ1n) is 9.98. The van der Waals surface area contributed by atoms with Crippen LogP contribution >= 0.6 is 0 Å². The van der Waals surface area contributed by atoms with Crippen molar-refractivity contribution in [1.82, 2.24) is 10.2 Å². The highest BCUT2D eigenvalue weighted by atomic mass is 19.1. The SMILES string of the molecule is COC(=O)c1ccc(CNCC[C@@H]2CCC(=O)N2CCc2cccc(F)c2)cc1. The number of hydrogen-bond donors (Lipinski definition) is 1. The second kappa shape index (κ2) is 10.2. The third-order valence-electron chi connectivity index (χ3n) is 5.34. The van der Waals surface area contributed by atoms with Gasteiger partial charge in [0, 0.05) is 25.6 Å². The maximum atomic E-state index is 13.3. The summed E-state index contributed by atoms with van der Waals surface area (Å²) in [5.41, 5.74) is 2.54. The summed E-state index contributed by atoms with van der Waals surface area (Å²) in [4.78, 5) is 25.6. The molecule has 2 aromatic rings. The lowest BCUT2D eigenvalue weighted by Gasteiger charge is -2.25. The van der Waals surface area contributed by atoms with Gasteiger partial charge in [-0.2, -0.15) is 0 Å². The van der Waals surface area contributed by atoms with E-state index in [1.165, 1.54) is 19.2 Å². The molecule has 0 unspecified atom stereocenters. The molecule has 6 heteroatoms. The molecular formula is C23H27FN2O3. The van der Waals surface area contributed by atoms with Crippen LogP contribution in [0.4, 0.5) is 4.39 Å². The molecule has 1 saturated heterocycles. The van der Waals surface area contributed by atoms with Gasteiger partial charge in [-0.15, -0.1) is 0 Å². The van der Waals surface area contributed by atoms with Crippen LogP contribution in [0, 0.1) is 5.82 Å². The third kappa shape index (κ3) is 5.87. The number of esters is 1. The highest BCUT2D eigenvalue weighted by Gasteiger charge is 2.29. The Morgan fingerprint density at radius 2 is 2.00 bits per heavy atom. The Morgan fingerprint density at radius 3 is 2.72 bits per heavy atom. The van der Waals surface area contributed by atoms with Crippen LogP contribution < -0.4 is 5.32 Å². The molecule has 1 atom stereocenters. The van der Waals surface area contributed by atoms with Crippen molar-refractivity contribution in [2.45, 2.75) is 38.3 Å². The van der Waals surface area contributed by atoms with E-state index in [4.69, 9.17) is 4.74 Å². The first-order chi connectivity index (χ1) is 14.1. The quantitative estimate of drug-likeness (QED) is 0.520. The zero-order valence-corrected chi connectivity index (χ0v) is 16.7. The number of hydrogen-bond acceptors (Lipinski definition) is 4. The summed E-state index contributed by atoms with van der Waals surface area (Å²) in [7, 11) is 1.37. The molecule has 2 aromatic carbocycles. The lowest BCUT2D eigenvalue weighted by Crippen LogP contribution is -2.36. The van der Waals surface area contributed by atoms with Gasteiger partial charge < -0.3 is 15.0 Å². The molecule has 0 bridgehead atoms. The Hall–Kier alpha value is -2.73. The molecule has 1 aliphatic rings. The van der Waals surface area contributed by atoms with E-state index in [0.717, 1.165) is 30.5 Å². The maximum Gasteiger partial charge on any atom is 0.337 e. The predicted octanol–water partition coefficient (Wildman–Crippen LogP) is 3.33. The van der Waals surface area contributed by atoms with E-state index >= 15 is 0 Å². The molecule has 29 heavy (non-hydrogen) atoms. The van der Waals surface area contributed by atoms with Crippen LogP contribution in [-0.4, -0.2) is 43.0 Å². The normalized spacial score (nSPS) is 16.3. The molecule has 0 saturated carbocycles. The van der Waals surface area contributed by atoms with Gasteiger partial charge in [0.15, 0.2) is 0 Å². The number of carbonyl (C=O) groups is 2. The maximum absolute atomic E-state index is 13.3. The fraction of sp³-hybridized carbons (Fsp3) is 0.391. The minimum absolute atomic E-state index is 0.185. The van der Waals surface area contributed by atoms with Crippen molar-refractivity contribution in [2.24, 2.45) is 0 Å². The predicted molar refractivity (Wildman–Crippen MR) is 109 cm³/mol. The Kier molecular flexibility index (Phi) is 7.36. The van der Waals surface area contributed by atoms with Crippen LogP contribution in [0.5, 0.6) is 0 Å². The molecule has 154 valence electrons. The molecule has 1 fully saturated rings. The molecular weight excluding hydrogens is 371 g/mol. The van der Waals surface area contributed by atoms with Crippen molar-refractivity contribution in [3.8, 4) is 0 Å². The van der Waals surface area contributed by atoms with Gasteiger partial charge in [-0.25, -0.2) is 9.18 Å². The smallest absolute Gasteiger partial charge is 0.337 e. The van der Waals surface area contributed by atoms with Crippen molar-refractivity contribution in [1.29, 1.82) is 0 Å². The largest absolute Gasteiger partial charge is 0.465 e. The number of benzene rings is 2. The van der Waals surface area contributed by atoms with Gasteiger partial charge in [0.1, 0.15) is 5.82 Å². The fourth-order valence-corrected chi connectivity index (χ4v) is 3.72. The molecule has 1 N–H and O–H groups in total. The number of nitrogens with one attached hydrogen (secondary N) is 1. The van der Waals surface area contributed by atoms with Crippen LogP contribution in [0.3, 0.4) is 0 Å². The molecule has 0 aliphatic carbocycles. The Morgan fingerprint density at radius 1 is 1.21 bits per heavy atom. The van der Waals surface area contributed by atoms with Crippen LogP contribution in [0.15, 0.2) is 48.5 Å². The Balaban J connectivity index is 1.43. The van der Waals surface area contributed by atoms with Gasteiger partial charge >= 0.3 is 5.97 Å². The summed E-state index contributed by atoms with van der Waals surface area (Å²) < 4.78 is 18.0. The summed E-state index contributed by atoms with van der Waals surface area (Å²) in [6, 6.07) is 14.1. The van der Waals surface area contributed by atoms with E-state index in [-0.39, 0.29) is 23.7 Å². The second-order valence-electron chi connectivity index (χ2n) is 7.31. The van der Waals surface area contributed by atoms with Crippen LogP contribution in [-0.2, 0) is 22.5 Å². The zero-order valence-electron chi connectivity index (χ0n) is 16.7. The van der Waals surface area contributed by atoms with Crippen molar-refractivity contribution >= 4 is 11.9 Å². The lowest BCUT2D eigenvalue weighted by molar-refractivity contribution is -0.129. The summed E-state index contributed by atoms with van der Waals surface area (Å²) in [6.45, 7) is 2.13. The van der Waals surface area contributed by atoms with E-state index in [2.05, 4.69) is 5.32 Å². The van der Waals surface area contributed by atoms with Crippen molar-refractivity contribution < 1.29 is 18.7 Å². The van der Waals surface area contributed by atoms with Gasteiger partial charge in [0.05, 0.1) is 12.7 Å². The number of rotatable bonds is 9. The third-order valence-corrected chi connectivity index (χ3v) is 5.34. The van der Waals surface area contributed by atoms with Crippen molar-refractivity contribution in [2.75, 3.05) is 20.2 Å². The van der Waals surface area contributed by atoms with Gasteiger partial charge in [-0.05, 0) is 61.2 Å². The number of halogens is 1. The minimum Gasteiger partial charge on any atom is -0.465 e. The number of likely N-dealkylation sites (tertiary alicyclic amines) is 1. The van der Waals surface area contributed by atoms with Gasteiger partial charge in [-0.1, -0.05) is 24.3 Å². The molecule has 0 aromatic heterocycles. The molecule has 1 amide bonds. The first kappa shape index (κ1) is 21.0. The van der Waals surface area contributed by atoms with Crippen LogP contribution in [0.2, 0.25) is 0 Å². The van der Waals surface area contributed by atoms with E-state index in [9.17, 15) is 14.0 Å². The van der Waals surface area contributed by atoms with E-state index in [0.29, 0.717) is 31.5 Å². The fourth-order valence-electron chi connectivity index (χ4n) is 3.72. The summed E-state index contributed by atoms with van der Waals surface area (Å²) in [6.07, 6.45) is 3.01. The summed E-state index contributed by atoms with van der Waals surface area (Å²) >= 11 is 0. The first-order valence-corrected chi connectivity index (χ1v) is 9.98. The number of methoxy groups -OCH3 is 1. The minimum atomic E-state index is -0.339. The number of ether oxygens (including phenoxy) is 1. The molecule has 5 nitrogen and oxygen atoms in total. The average Bonchev–Trinajstić information content (AvgIpc) is 3.09.